The number of carbonyl (C=O) groups is 1. The standard InChI is InChI=1S/C18H29N3O2/c1-16(21-11-13-23-14-12-21)18(22)19-9-6-10-20(2)15-17-7-4-3-5-8-17/h3-5,7-8,16H,6,9-15H2,1-2H3,(H,19,22). The van der Waals surface area contributed by atoms with Crippen LogP contribution in [0.15, 0.2) is 30.3 Å². The van der Waals surface area contributed by atoms with E-state index in [-0.39, 0.29) is 11.9 Å². The second-order valence-electron chi connectivity index (χ2n) is 6.19. The Morgan fingerprint density at radius 2 is 2.00 bits per heavy atom. The van der Waals surface area contributed by atoms with Gasteiger partial charge in [0.15, 0.2) is 0 Å². The summed E-state index contributed by atoms with van der Waals surface area (Å²) in [6.07, 6.45) is 0.963. The normalized spacial score (nSPS) is 17.2. The highest BCUT2D eigenvalue weighted by atomic mass is 16.5. The molecule has 0 saturated carbocycles. The number of amides is 1. The van der Waals surface area contributed by atoms with E-state index in [1.54, 1.807) is 0 Å². The van der Waals surface area contributed by atoms with Gasteiger partial charge in [0.2, 0.25) is 5.91 Å². The molecule has 0 radical (unpaired) electrons. The lowest BCUT2D eigenvalue weighted by Gasteiger charge is -2.31. The van der Waals surface area contributed by atoms with Gasteiger partial charge in [0, 0.05) is 26.2 Å². The van der Waals surface area contributed by atoms with Gasteiger partial charge < -0.3 is 15.0 Å². The van der Waals surface area contributed by atoms with E-state index in [1.807, 2.05) is 13.0 Å². The van der Waals surface area contributed by atoms with E-state index < -0.39 is 0 Å². The fraction of sp³-hybridized carbons (Fsp3) is 0.611. The predicted molar refractivity (Wildman–Crippen MR) is 92.3 cm³/mol. The number of nitrogens with zero attached hydrogens (tertiary/aromatic N) is 2. The van der Waals surface area contributed by atoms with Gasteiger partial charge >= 0.3 is 0 Å². The summed E-state index contributed by atoms with van der Waals surface area (Å²) < 4.78 is 5.32. The number of morpholine rings is 1. The number of hydrogen-bond donors (Lipinski definition) is 1. The Kier molecular flexibility index (Phi) is 7.52. The van der Waals surface area contributed by atoms with Crippen LogP contribution in [0.4, 0.5) is 0 Å². The lowest BCUT2D eigenvalue weighted by atomic mass is 10.2. The van der Waals surface area contributed by atoms with E-state index in [0.29, 0.717) is 0 Å². The van der Waals surface area contributed by atoms with E-state index >= 15 is 0 Å². The summed E-state index contributed by atoms with van der Waals surface area (Å²) >= 11 is 0. The molecule has 1 fully saturated rings. The Morgan fingerprint density at radius 3 is 2.70 bits per heavy atom. The highest BCUT2D eigenvalue weighted by Crippen LogP contribution is 2.04. The van der Waals surface area contributed by atoms with Crippen molar-refractivity contribution in [3.63, 3.8) is 0 Å². The molecule has 1 unspecified atom stereocenters. The van der Waals surface area contributed by atoms with Crippen LogP contribution in [0.1, 0.15) is 18.9 Å². The first kappa shape index (κ1) is 17.9. The summed E-state index contributed by atoms with van der Waals surface area (Å²) in [7, 11) is 2.12. The zero-order valence-corrected chi connectivity index (χ0v) is 14.3. The third-order valence-corrected chi connectivity index (χ3v) is 4.28. The molecule has 1 aliphatic heterocycles. The molecule has 0 aromatic heterocycles. The van der Waals surface area contributed by atoms with E-state index in [1.165, 1.54) is 5.56 Å². The summed E-state index contributed by atoms with van der Waals surface area (Å²) in [4.78, 5) is 16.6. The fourth-order valence-electron chi connectivity index (χ4n) is 2.81. The molecule has 1 amide bonds. The molecule has 1 atom stereocenters. The average molecular weight is 319 g/mol. The average Bonchev–Trinajstić information content (AvgIpc) is 2.59. The Hall–Kier alpha value is -1.43. The molecule has 23 heavy (non-hydrogen) atoms. The molecule has 5 heteroatoms. The second-order valence-corrected chi connectivity index (χ2v) is 6.19. The van der Waals surface area contributed by atoms with Crippen LogP contribution in [0.2, 0.25) is 0 Å². The number of ether oxygens (including phenoxy) is 1. The minimum Gasteiger partial charge on any atom is -0.379 e. The number of hydrogen-bond acceptors (Lipinski definition) is 4. The number of rotatable bonds is 8. The number of nitrogens with one attached hydrogen (secondary N) is 1. The fourth-order valence-corrected chi connectivity index (χ4v) is 2.81. The van der Waals surface area contributed by atoms with Crippen molar-refractivity contribution in [1.82, 2.24) is 15.1 Å². The summed E-state index contributed by atoms with van der Waals surface area (Å²) in [5.41, 5.74) is 1.32. The van der Waals surface area contributed by atoms with Gasteiger partial charge in [-0.05, 0) is 32.5 Å². The highest BCUT2D eigenvalue weighted by Gasteiger charge is 2.22. The van der Waals surface area contributed by atoms with Crippen molar-refractivity contribution in [3.05, 3.63) is 35.9 Å². The van der Waals surface area contributed by atoms with Gasteiger partial charge in [-0.1, -0.05) is 30.3 Å². The van der Waals surface area contributed by atoms with E-state index in [9.17, 15) is 4.79 Å². The smallest absolute Gasteiger partial charge is 0.237 e. The van der Waals surface area contributed by atoms with Crippen LogP contribution in [0.25, 0.3) is 0 Å². The molecule has 1 N–H and O–H groups in total. The van der Waals surface area contributed by atoms with Crippen molar-refractivity contribution in [1.29, 1.82) is 0 Å². The Morgan fingerprint density at radius 1 is 1.30 bits per heavy atom. The van der Waals surface area contributed by atoms with Gasteiger partial charge in [-0.2, -0.15) is 0 Å². The van der Waals surface area contributed by atoms with Gasteiger partial charge in [0.05, 0.1) is 19.3 Å². The van der Waals surface area contributed by atoms with Gasteiger partial charge in [0.1, 0.15) is 0 Å². The summed E-state index contributed by atoms with van der Waals surface area (Å²) in [6, 6.07) is 10.4. The molecule has 1 aliphatic rings. The molecule has 1 aromatic carbocycles. The minimum atomic E-state index is -0.0686. The SMILES string of the molecule is CC(C(=O)NCCCN(C)Cc1ccccc1)N1CCOCC1. The molecule has 0 bridgehead atoms. The van der Waals surface area contributed by atoms with E-state index in [0.717, 1.165) is 52.4 Å². The maximum absolute atomic E-state index is 12.2. The molecule has 5 nitrogen and oxygen atoms in total. The Labute approximate surface area is 139 Å². The molecule has 1 aromatic rings. The number of benzene rings is 1. The molecule has 128 valence electrons. The van der Waals surface area contributed by atoms with Crippen LogP contribution in [0.5, 0.6) is 0 Å². The third kappa shape index (κ3) is 6.29. The Balaban J connectivity index is 1.59. The molecule has 0 spiro atoms. The minimum absolute atomic E-state index is 0.0686. The van der Waals surface area contributed by atoms with Gasteiger partial charge in [0.25, 0.3) is 0 Å². The quantitative estimate of drug-likeness (QED) is 0.735. The Bertz CT molecular complexity index is 461. The summed E-state index contributed by atoms with van der Waals surface area (Å²) in [5.74, 6) is 0.123. The molecular weight excluding hydrogens is 290 g/mol. The van der Waals surface area contributed by atoms with Crippen molar-refractivity contribution < 1.29 is 9.53 Å². The zero-order chi connectivity index (χ0) is 16.5. The molecule has 2 rings (SSSR count). The molecule has 1 saturated heterocycles. The van der Waals surface area contributed by atoms with E-state index in [4.69, 9.17) is 4.74 Å². The predicted octanol–water partition coefficient (Wildman–Crippen LogP) is 1.35. The lowest BCUT2D eigenvalue weighted by molar-refractivity contribution is -0.127. The van der Waals surface area contributed by atoms with Crippen LogP contribution in [-0.4, -0.2) is 68.2 Å². The molecule has 0 aliphatic carbocycles. The van der Waals surface area contributed by atoms with Crippen LogP contribution in [-0.2, 0) is 16.1 Å². The number of carbonyl (C=O) groups excluding carboxylic acids is 1. The van der Waals surface area contributed by atoms with Gasteiger partial charge in [-0.3, -0.25) is 9.69 Å². The van der Waals surface area contributed by atoms with E-state index in [2.05, 4.69) is 46.4 Å². The highest BCUT2D eigenvalue weighted by molar-refractivity contribution is 5.81. The van der Waals surface area contributed by atoms with Crippen molar-refractivity contribution in [3.8, 4) is 0 Å². The van der Waals surface area contributed by atoms with Crippen LogP contribution < -0.4 is 5.32 Å². The van der Waals surface area contributed by atoms with Crippen LogP contribution in [0.3, 0.4) is 0 Å². The van der Waals surface area contributed by atoms with Crippen LogP contribution >= 0.6 is 0 Å². The first-order chi connectivity index (χ1) is 11.2. The second kappa shape index (κ2) is 9.65. The van der Waals surface area contributed by atoms with Gasteiger partial charge in [-0.25, -0.2) is 0 Å². The molecular formula is C18H29N3O2. The molecule has 1 heterocycles. The van der Waals surface area contributed by atoms with Crippen molar-refractivity contribution in [2.75, 3.05) is 46.4 Å². The maximum Gasteiger partial charge on any atom is 0.237 e. The zero-order valence-electron chi connectivity index (χ0n) is 14.3. The summed E-state index contributed by atoms with van der Waals surface area (Å²) in [5, 5.41) is 3.05. The van der Waals surface area contributed by atoms with Gasteiger partial charge in [-0.15, -0.1) is 0 Å². The monoisotopic (exact) mass is 319 g/mol. The topological polar surface area (TPSA) is 44.8 Å². The third-order valence-electron chi connectivity index (χ3n) is 4.28. The first-order valence-electron chi connectivity index (χ1n) is 8.49. The maximum atomic E-state index is 12.2. The summed E-state index contributed by atoms with van der Waals surface area (Å²) in [6.45, 7) is 7.75. The van der Waals surface area contributed by atoms with Crippen LogP contribution in [0, 0.1) is 0 Å². The largest absolute Gasteiger partial charge is 0.379 e. The van der Waals surface area contributed by atoms with Crippen molar-refractivity contribution in [2.24, 2.45) is 0 Å². The lowest BCUT2D eigenvalue weighted by Crippen LogP contribution is -2.49. The van der Waals surface area contributed by atoms with Crippen molar-refractivity contribution in [2.45, 2.75) is 25.9 Å². The first-order valence-corrected chi connectivity index (χ1v) is 8.49. The van der Waals surface area contributed by atoms with Crippen molar-refractivity contribution >= 4 is 5.91 Å².